The summed E-state index contributed by atoms with van der Waals surface area (Å²) in [5.74, 6) is 0.196. The van der Waals surface area contributed by atoms with Crippen LogP contribution in [-0.2, 0) is 16.0 Å². The van der Waals surface area contributed by atoms with E-state index < -0.39 is 0 Å². The van der Waals surface area contributed by atoms with Gasteiger partial charge in [0.05, 0.1) is 12.2 Å². The van der Waals surface area contributed by atoms with Gasteiger partial charge in [-0.15, -0.1) is 0 Å². The van der Waals surface area contributed by atoms with Crippen LogP contribution in [0, 0.1) is 6.92 Å². The third-order valence-electron chi connectivity index (χ3n) is 4.01. The van der Waals surface area contributed by atoms with Crippen molar-refractivity contribution in [3.8, 4) is 11.5 Å². The van der Waals surface area contributed by atoms with Crippen molar-refractivity contribution in [2.75, 3.05) is 24.5 Å². The van der Waals surface area contributed by atoms with Crippen molar-refractivity contribution in [2.45, 2.75) is 13.3 Å². The molecule has 2 N–H and O–H groups in total. The number of esters is 1. The average Bonchev–Trinajstić information content (AvgIpc) is 2.56. The highest BCUT2D eigenvalue weighted by molar-refractivity contribution is 5.89. The van der Waals surface area contributed by atoms with Crippen molar-refractivity contribution in [2.24, 2.45) is 0 Å². The molecule has 1 amide bonds. The van der Waals surface area contributed by atoms with Gasteiger partial charge in [-0.05, 0) is 48.7 Å². The minimum atomic E-state index is -0.366. The molecule has 0 saturated carbocycles. The second kappa shape index (κ2) is 7.25. The lowest BCUT2D eigenvalue weighted by atomic mass is 10.1. The Labute approximate surface area is 146 Å². The highest BCUT2D eigenvalue weighted by Gasteiger charge is 2.25. The summed E-state index contributed by atoms with van der Waals surface area (Å²) in [7, 11) is 0. The average molecular weight is 340 g/mol. The minimum absolute atomic E-state index is 0.0570. The van der Waals surface area contributed by atoms with Gasteiger partial charge in [-0.1, -0.05) is 18.2 Å². The number of nitrogens with one attached hydrogen (secondary N) is 1. The molecule has 2 aromatic rings. The number of phenols is 1. The molecular formula is C19H20N2O4. The number of fused-ring (bicyclic) bond motifs is 1. The van der Waals surface area contributed by atoms with Gasteiger partial charge in [0.1, 0.15) is 12.3 Å². The molecule has 1 aliphatic rings. The Bertz CT molecular complexity index is 787. The van der Waals surface area contributed by atoms with E-state index in [4.69, 9.17) is 4.74 Å². The molecule has 0 atom stereocenters. The maximum Gasteiger partial charge on any atom is 0.331 e. The van der Waals surface area contributed by atoms with Gasteiger partial charge in [-0.2, -0.15) is 0 Å². The standard InChI is InChI=1S/C19H20N2O4/c1-13-2-7-16-17(10-13)25-19(24)12-21(16)11-18(23)20-9-8-14-3-5-15(22)6-4-14/h2-7,10,22H,8-9,11-12H2,1H3,(H,20,23). The zero-order chi connectivity index (χ0) is 17.8. The topological polar surface area (TPSA) is 78.9 Å². The fraction of sp³-hybridized carbons (Fsp3) is 0.263. The van der Waals surface area contributed by atoms with E-state index in [0.717, 1.165) is 16.8 Å². The SMILES string of the molecule is Cc1ccc2c(c1)OC(=O)CN2CC(=O)NCCc1ccc(O)cc1. The van der Waals surface area contributed by atoms with E-state index >= 15 is 0 Å². The molecule has 3 rings (SSSR count). The van der Waals surface area contributed by atoms with Crippen LogP contribution in [-0.4, -0.2) is 36.6 Å². The first kappa shape index (κ1) is 16.8. The van der Waals surface area contributed by atoms with Gasteiger partial charge < -0.3 is 20.1 Å². The number of hydrogen-bond acceptors (Lipinski definition) is 5. The largest absolute Gasteiger partial charge is 0.508 e. The number of ether oxygens (including phenoxy) is 1. The molecule has 1 heterocycles. The van der Waals surface area contributed by atoms with E-state index in [9.17, 15) is 14.7 Å². The monoisotopic (exact) mass is 340 g/mol. The molecule has 0 unspecified atom stereocenters. The number of nitrogens with zero attached hydrogens (tertiary/aromatic N) is 1. The number of carbonyl (C=O) groups is 2. The summed E-state index contributed by atoms with van der Waals surface area (Å²) < 4.78 is 5.24. The van der Waals surface area contributed by atoms with Crippen molar-refractivity contribution in [3.05, 3.63) is 53.6 Å². The van der Waals surface area contributed by atoms with Crippen LogP contribution in [0.5, 0.6) is 11.5 Å². The second-order valence-electron chi connectivity index (χ2n) is 6.07. The maximum absolute atomic E-state index is 12.2. The molecule has 25 heavy (non-hydrogen) atoms. The molecular weight excluding hydrogens is 320 g/mol. The molecule has 0 spiro atoms. The zero-order valence-corrected chi connectivity index (χ0v) is 14.0. The van der Waals surface area contributed by atoms with Crippen LogP contribution in [0.4, 0.5) is 5.69 Å². The summed E-state index contributed by atoms with van der Waals surface area (Å²) in [5, 5.41) is 12.1. The first-order chi connectivity index (χ1) is 12.0. The highest BCUT2D eigenvalue weighted by atomic mass is 16.5. The summed E-state index contributed by atoms with van der Waals surface area (Å²) in [6.07, 6.45) is 0.670. The number of amides is 1. The van der Waals surface area contributed by atoms with E-state index in [2.05, 4.69) is 5.32 Å². The molecule has 0 radical (unpaired) electrons. The number of aromatic hydroxyl groups is 1. The molecule has 2 aromatic carbocycles. The van der Waals surface area contributed by atoms with Crippen LogP contribution < -0.4 is 15.0 Å². The first-order valence-corrected chi connectivity index (χ1v) is 8.12. The summed E-state index contributed by atoms with van der Waals surface area (Å²) in [4.78, 5) is 25.7. The van der Waals surface area contributed by atoms with E-state index in [0.29, 0.717) is 18.7 Å². The van der Waals surface area contributed by atoms with Gasteiger partial charge in [-0.3, -0.25) is 4.79 Å². The van der Waals surface area contributed by atoms with E-state index in [1.54, 1.807) is 23.1 Å². The van der Waals surface area contributed by atoms with Crippen LogP contribution in [0.3, 0.4) is 0 Å². The van der Waals surface area contributed by atoms with Crippen LogP contribution in [0.1, 0.15) is 11.1 Å². The van der Waals surface area contributed by atoms with Gasteiger partial charge in [0.2, 0.25) is 5.91 Å². The second-order valence-corrected chi connectivity index (χ2v) is 6.07. The highest BCUT2D eigenvalue weighted by Crippen LogP contribution is 2.32. The Morgan fingerprint density at radius 2 is 2.00 bits per heavy atom. The third kappa shape index (κ3) is 4.29. The Hall–Kier alpha value is -3.02. The quantitative estimate of drug-likeness (QED) is 0.641. The minimum Gasteiger partial charge on any atom is -0.508 e. The molecule has 0 saturated heterocycles. The van der Waals surface area contributed by atoms with Gasteiger partial charge in [0, 0.05) is 6.54 Å². The van der Waals surface area contributed by atoms with Crippen molar-refractivity contribution in [1.82, 2.24) is 5.32 Å². The number of benzene rings is 2. The summed E-state index contributed by atoms with van der Waals surface area (Å²) in [6.45, 7) is 2.56. The van der Waals surface area contributed by atoms with Gasteiger partial charge >= 0.3 is 5.97 Å². The molecule has 6 heteroatoms. The van der Waals surface area contributed by atoms with Crippen LogP contribution >= 0.6 is 0 Å². The smallest absolute Gasteiger partial charge is 0.331 e. The first-order valence-electron chi connectivity index (χ1n) is 8.12. The number of anilines is 1. The number of rotatable bonds is 5. The Morgan fingerprint density at radius 3 is 2.76 bits per heavy atom. The summed E-state index contributed by atoms with van der Waals surface area (Å²) in [5.41, 5.74) is 2.77. The van der Waals surface area contributed by atoms with Crippen molar-refractivity contribution < 1.29 is 19.4 Å². The van der Waals surface area contributed by atoms with Crippen molar-refractivity contribution in [1.29, 1.82) is 0 Å². The lowest BCUT2D eigenvalue weighted by Gasteiger charge is -2.29. The van der Waals surface area contributed by atoms with Gasteiger partial charge in [-0.25, -0.2) is 4.79 Å². The molecule has 0 aromatic heterocycles. The Balaban J connectivity index is 1.56. The third-order valence-corrected chi connectivity index (χ3v) is 4.01. The molecule has 6 nitrogen and oxygen atoms in total. The fourth-order valence-electron chi connectivity index (χ4n) is 2.74. The van der Waals surface area contributed by atoms with Crippen LogP contribution in [0.2, 0.25) is 0 Å². The number of aryl methyl sites for hydroxylation is 1. The lowest BCUT2D eigenvalue weighted by Crippen LogP contribution is -2.43. The zero-order valence-electron chi connectivity index (χ0n) is 14.0. The molecule has 130 valence electrons. The summed E-state index contributed by atoms with van der Waals surface area (Å²) >= 11 is 0. The van der Waals surface area contributed by atoms with E-state index in [1.165, 1.54) is 0 Å². The predicted molar refractivity (Wildman–Crippen MR) is 93.8 cm³/mol. The summed E-state index contributed by atoms with van der Waals surface area (Å²) in [6, 6.07) is 12.5. The number of hydrogen-bond donors (Lipinski definition) is 2. The number of carbonyl (C=O) groups excluding carboxylic acids is 2. The fourth-order valence-corrected chi connectivity index (χ4v) is 2.74. The van der Waals surface area contributed by atoms with Crippen molar-refractivity contribution in [3.63, 3.8) is 0 Å². The predicted octanol–water partition coefficient (Wildman–Crippen LogP) is 1.78. The van der Waals surface area contributed by atoms with E-state index in [1.807, 2.05) is 31.2 Å². The molecule has 0 fully saturated rings. The van der Waals surface area contributed by atoms with Crippen LogP contribution in [0.15, 0.2) is 42.5 Å². The van der Waals surface area contributed by atoms with E-state index in [-0.39, 0.29) is 30.7 Å². The normalized spacial score (nSPS) is 13.2. The van der Waals surface area contributed by atoms with Crippen molar-refractivity contribution >= 4 is 17.6 Å². The lowest BCUT2D eigenvalue weighted by molar-refractivity contribution is -0.133. The molecule has 1 aliphatic heterocycles. The van der Waals surface area contributed by atoms with Gasteiger partial charge in [0.15, 0.2) is 5.75 Å². The Kier molecular flexibility index (Phi) is 4.88. The van der Waals surface area contributed by atoms with Crippen LogP contribution in [0.25, 0.3) is 0 Å². The molecule has 0 bridgehead atoms. The molecule has 0 aliphatic carbocycles. The Morgan fingerprint density at radius 1 is 1.24 bits per heavy atom. The maximum atomic E-state index is 12.2. The van der Waals surface area contributed by atoms with Gasteiger partial charge in [0.25, 0.3) is 0 Å². The number of phenolic OH excluding ortho intramolecular Hbond substituents is 1.